The lowest BCUT2D eigenvalue weighted by Crippen LogP contribution is -2.59. The van der Waals surface area contributed by atoms with Gasteiger partial charge in [0.05, 0.1) is 40.5 Å². The van der Waals surface area contributed by atoms with Crippen molar-refractivity contribution in [2.45, 2.75) is 49.0 Å². The summed E-state index contributed by atoms with van der Waals surface area (Å²) in [5.74, 6) is 0.825. The second kappa shape index (κ2) is 17.9. The Hall–Kier alpha value is -6.62. The Morgan fingerprint density at radius 1 is 0.508 bits per heavy atom. The lowest BCUT2D eigenvalue weighted by atomic mass is 9.70. The molecule has 1 saturated carbocycles. The first-order valence-corrected chi connectivity index (χ1v) is 20.3. The summed E-state index contributed by atoms with van der Waals surface area (Å²) in [5.41, 5.74) is 3.22. The summed E-state index contributed by atoms with van der Waals surface area (Å²) in [7, 11) is 6.25. The normalized spacial score (nSPS) is 14.7. The second-order valence-corrected chi connectivity index (χ2v) is 15.4. The van der Waals surface area contributed by atoms with E-state index in [2.05, 4.69) is 0 Å². The summed E-state index contributed by atoms with van der Waals surface area (Å²) in [6.45, 7) is 0. The highest BCUT2D eigenvalue weighted by molar-refractivity contribution is 6.05. The molecule has 0 heterocycles. The molecule has 61 heavy (non-hydrogen) atoms. The van der Waals surface area contributed by atoms with E-state index in [-0.39, 0.29) is 12.8 Å². The van der Waals surface area contributed by atoms with E-state index in [1.807, 2.05) is 60.7 Å². The number of aliphatic hydroxyl groups is 2. The van der Waals surface area contributed by atoms with Gasteiger partial charge in [-0.05, 0) is 94.8 Å². The van der Waals surface area contributed by atoms with Crippen LogP contribution in [0.25, 0.3) is 0 Å². The highest BCUT2D eigenvalue weighted by Gasteiger charge is 2.59. The van der Waals surface area contributed by atoms with E-state index < -0.39 is 40.5 Å². The molecule has 6 aromatic rings. The van der Waals surface area contributed by atoms with Gasteiger partial charge in [0.15, 0.2) is 0 Å². The Bertz CT molecular complexity index is 2140. The summed E-state index contributed by atoms with van der Waals surface area (Å²) in [6, 6.07) is 43.8. The van der Waals surface area contributed by atoms with Gasteiger partial charge in [-0.1, -0.05) is 122 Å². The van der Waals surface area contributed by atoms with Crippen LogP contribution in [0.2, 0.25) is 0 Å². The number of nitrogens with two attached hydrogens (primary N) is 1. The largest absolute Gasteiger partial charge is 0.497 e. The minimum Gasteiger partial charge on any atom is -0.497 e. The molecule has 1 aliphatic carbocycles. The topological polar surface area (TPSA) is 141 Å². The zero-order valence-corrected chi connectivity index (χ0v) is 34.9. The summed E-state index contributed by atoms with van der Waals surface area (Å²) in [4.78, 5) is 32.1. The molecule has 1 aliphatic rings. The average molecular weight is 821 g/mol. The van der Waals surface area contributed by atoms with Crippen LogP contribution in [0, 0.1) is 5.41 Å². The molecule has 0 aliphatic heterocycles. The molecule has 0 bridgehead atoms. The van der Waals surface area contributed by atoms with Gasteiger partial charge in [0, 0.05) is 0 Å². The SMILES string of the molecule is COc1ccc(C(O)(c2ccc(OC)cc2)[C@@H](c2ccccc2)N(C(=O)C2(C(N)=O)CCCC2)[C@H](c2ccccc2)C(O)(c2ccc(OC)cc2)c2ccc(OC)cc2)cc1. The first-order chi connectivity index (χ1) is 29.5. The van der Waals surface area contributed by atoms with Crippen molar-refractivity contribution in [3.8, 4) is 23.0 Å². The number of hydrogen-bond donors (Lipinski definition) is 3. The van der Waals surface area contributed by atoms with Crippen molar-refractivity contribution in [3.05, 3.63) is 191 Å². The van der Waals surface area contributed by atoms with Crippen LogP contribution < -0.4 is 24.7 Å². The number of carbonyl (C=O) groups is 2. The molecule has 2 atom stereocenters. The maximum Gasteiger partial charge on any atom is 0.239 e. The van der Waals surface area contributed by atoms with E-state index in [0.29, 0.717) is 69.2 Å². The van der Waals surface area contributed by atoms with Crippen molar-refractivity contribution < 1.29 is 38.7 Å². The van der Waals surface area contributed by atoms with Gasteiger partial charge >= 0.3 is 0 Å². The van der Waals surface area contributed by atoms with Crippen LogP contribution in [-0.4, -0.2) is 55.4 Å². The average Bonchev–Trinajstić information content (AvgIpc) is 3.84. The van der Waals surface area contributed by atoms with Crippen LogP contribution in [0.15, 0.2) is 158 Å². The molecule has 10 nitrogen and oxygen atoms in total. The monoisotopic (exact) mass is 820 g/mol. The van der Waals surface area contributed by atoms with Crippen molar-refractivity contribution >= 4 is 11.8 Å². The number of hydrogen-bond acceptors (Lipinski definition) is 8. The Morgan fingerprint density at radius 2 is 0.787 bits per heavy atom. The fourth-order valence-electron chi connectivity index (χ4n) is 9.00. The van der Waals surface area contributed by atoms with E-state index in [1.54, 1.807) is 130 Å². The van der Waals surface area contributed by atoms with Crippen molar-refractivity contribution in [2.24, 2.45) is 11.1 Å². The Balaban J connectivity index is 1.66. The molecule has 1 fully saturated rings. The summed E-state index contributed by atoms with van der Waals surface area (Å²) in [5, 5.41) is 28.4. The number of methoxy groups -OCH3 is 4. The van der Waals surface area contributed by atoms with Crippen LogP contribution in [-0.2, 0) is 20.8 Å². The van der Waals surface area contributed by atoms with Crippen LogP contribution in [0.1, 0.15) is 71.1 Å². The minimum absolute atomic E-state index is 0.188. The van der Waals surface area contributed by atoms with Gasteiger partial charge in [-0.15, -0.1) is 0 Å². The smallest absolute Gasteiger partial charge is 0.239 e. The standard InChI is InChI=1S/C51H52N2O8/c1-58-41-25-17-37(18-26-41)50(56,38-19-27-42(59-2)28-20-38)45(35-13-7-5-8-14-35)53(48(55)49(47(52)54)33-11-12-34-49)46(36-15-9-6-10-16-36)51(57,39-21-29-43(60-3)30-22-39)40-23-31-44(61-4)32-24-40/h5-10,13-32,45-46,56-57H,11-12,33-34H2,1-4H3,(H2,52,54)/t45-,46-/m1/s1. The van der Waals surface area contributed by atoms with Gasteiger partial charge in [-0.2, -0.15) is 0 Å². The maximum absolute atomic E-state index is 16.5. The van der Waals surface area contributed by atoms with Gasteiger partial charge in [-0.3, -0.25) is 9.59 Å². The molecular weight excluding hydrogens is 769 g/mol. The minimum atomic E-state index is -2.08. The van der Waals surface area contributed by atoms with Crippen LogP contribution in [0.3, 0.4) is 0 Å². The zero-order chi connectivity index (χ0) is 43.2. The molecule has 0 unspecified atom stereocenters. The highest BCUT2D eigenvalue weighted by Crippen LogP contribution is 2.56. The fraction of sp³-hybridized carbons (Fsp3) is 0.255. The lowest BCUT2D eigenvalue weighted by Gasteiger charge is -2.53. The van der Waals surface area contributed by atoms with Crippen LogP contribution in [0.5, 0.6) is 23.0 Å². The van der Waals surface area contributed by atoms with E-state index in [9.17, 15) is 15.0 Å². The van der Waals surface area contributed by atoms with Crippen molar-refractivity contribution in [1.82, 2.24) is 4.90 Å². The molecule has 0 spiro atoms. The molecule has 0 saturated heterocycles. The molecule has 314 valence electrons. The summed E-state index contributed by atoms with van der Waals surface area (Å²) < 4.78 is 22.2. The third-order valence-electron chi connectivity index (χ3n) is 12.3. The molecule has 2 amide bonds. The van der Waals surface area contributed by atoms with E-state index in [4.69, 9.17) is 24.7 Å². The molecule has 0 radical (unpaired) electrons. The van der Waals surface area contributed by atoms with E-state index in [0.717, 1.165) is 0 Å². The number of rotatable bonds is 16. The Kier molecular flexibility index (Phi) is 12.5. The third-order valence-corrected chi connectivity index (χ3v) is 12.3. The summed E-state index contributed by atoms with van der Waals surface area (Å²) >= 11 is 0. The van der Waals surface area contributed by atoms with E-state index in [1.165, 1.54) is 0 Å². The zero-order valence-electron chi connectivity index (χ0n) is 34.9. The van der Waals surface area contributed by atoms with Crippen molar-refractivity contribution in [3.63, 3.8) is 0 Å². The molecule has 6 aromatic carbocycles. The number of nitrogens with zero attached hydrogens (tertiary/aromatic N) is 1. The summed E-state index contributed by atoms with van der Waals surface area (Å²) in [6.07, 6.45) is 1.54. The van der Waals surface area contributed by atoms with Gasteiger partial charge in [0.1, 0.15) is 39.6 Å². The number of ether oxygens (including phenoxy) is 4. The third kappa shape index (κ3) is 7.80. The first kappa shape index (κ1) is 42.5. The van der Waals surface area contributed by atoms with Gasteiger partial charge in [0.25, 0.3) is 0 Å². The van der Waals surface area contributed by atoms with Gasteiger partial charge in [0.2, 0.25) is 11.8 Å². The predicted molar refractivity (Wildman–Crippen MR) is 233 cm³/mol. The molecule has 10 heteroatoms. The molecular formula is C51H52N2O8. The maximum atomic E-state index is 16.5. The molecule has 0 aromatic heterocycles. The molecule has 4 N–H and O–H groups in total. The van der Waals surface area contributed by atoms with Crippen molar-refractivity contribution in [2.75, 3.05) is 28.4 Å². The van der Waals surface area contributed by atoms with Gasteiger partial charge < -0.3 is 39.8 Å². The van der Waals surface area contributed by atoms with Gasteiger partial charge in [-0.25, -0.2) is 0 Å². The van der Waals surface area contributed by atoms with Crippen molar-refractivity contribution in [1.29, 1.82) is 0 Å². The molecule has 7 rings (SSSR count). The number of carbonyl (C=O) groups excluding carboxylic acids is 2. The van der Waals surface area contributed by atoms with Crippen LogP contribution >= 0.6 is 0 Å². The van der Waals surface area contributed by atoms with Crippen LogP contribution in [0.4, 0.5) is 0 Å². The Morgan fingerprint density at radius 3 is 1.03 bits per heavy atom. The Labute approximate surface area is 357 Å². The number of amides is 2. The fourth-order valence-corrected chi connectivity index (χ4v) is 9.00. The first-order valence-electron chi connectivity index (χ1n) is 20.3. The highest BCUT2D eigenvalue weighted by atomic mass is 16.5. The quantitative estimate of drug-likeness (QED) is 0.0830. The second-order valence-electron chi connectivity index (χ2n) is 15.4. The predicted octanol–water partition coefficient (Wildman–Crippen LogP) is 8.25. The number of primary amides is 1. The van der Waals surface area contributed by atoms with E-state index >= 15 is 4.79 Å². The number of benzene rings is 6. The lowest BCUT2D eigenvalue weighted by molar-refractivity contribution is -0.168.